The van der Waals surface area contributed by atoms with Gasteiger partial charge in [-0.25, -0.2) is 0 Å². The van der Waals surface area contributed by atoms with Crippen LogP contribution in [0.25, 0.3) is 5.57 Å². The molecule has 1 aromatic heterocycles. The highest BCUT2D eigenvalue weighted by Crippen LogP contribution is 2.40. The summed E-state index contributed by atoms with van der Waals surface area (Å²) in [6.45, 7) is 4.17. The van der Waals surface area contributed by atoms with Gasteiger partial charge in [0.05, 0.1) is 33.4 Å². The second-order valence-corrected chi connectivity index (χ2v) is 5.86. The monoisotopic (exact) mass is 345 g/mol. The molecule has 0 fully saturated rings. The molecule has 0 unspecified atom stereocenters. The number of hydrogen-bond donors (Lipinski definition) is 0. The van der Waals surface area contributed by atoms with Crippen LogP contribution in [0.5, 0.6) is 17.2 Å². The third-order valence-electron chi connectivity index (χ3n) is 4.26. The highest BCUT2D eigenvalue weighted by Gasteiger charge is 2.21. The van der Waals surface area contributed by atoms with E-state index in [-0.39, 0.29) is 0 Å². The molecule has 0 bridgehead atoms. The van der Waals surface area contributed by atoms with Gasteiger partial charge in [0.1, 0.15) is 17.2 Å². The molecule has 3 rings (SSSR count). The lowest BCUT2D eigenvalue weighted by molar-refractivity contribution is 0.245. The summed E-state index contributed by atoms with van der Waals surface area (Å²) in [5.74, 6) is 3.53. The molecule has 0 saturated carbocycles. The number of nitrogens with zero attached hydrogens (tertiary/aromatic N) is 3. The summed E-state index contributed by atoms with van der Waals surface area (Å²) >= 11 is 0. The minimum atomic E-state index is 0.647. The Kier molecular flexibility index (Phi) is 5.23. The smallest absolute Gasteiger partial charge is 0.240 e. The maximum Gasteiger partial charge on any atom is 0.240 e. The van der Waals surface area contributed by atoms with Gasteiger partial charge in [0.25, 0.3) is 0 Å². The van der Waals surface area contributed by atoms with Crippen LogP contribution < -0.4 is 14.2 Å². The summed E-state index contributed by atoms with van der Waals surface area (Å²) in [7, 11) is 4.95. The fraction of sp³-hybridized carbons (Fsp3) is 0.444. The Balaban J connectivity index is 1.81. The Hall–Kier alpha value is -2.54. The minimum absolute atomic E-state index is 0.647. The Labute approximate surface area is 147 Å². The summed E-state index contributed by atoms with van der Waals surface area (Å²) in [5, 5.41) is 3.83. The third-order valence-corrected chi connectivity index (χ3v) is 4.26. The van der Waals surface area contributed by atoms with Gasteiger partial charge in [0, 0.05) is 25.2 Å². The molecule has 1 aromatic carbocycles. The molecule has 0 atom stereocenters. The van der Waals surface area contributed by atoms with E-state index in [1.165, 1.54) is 5.57 Å². The zero-order valence-corrected chi connectivity index (χ0v) is 15.0. The molecule has 7 heteroatoms. The number of hydrogen-bond acceptors (Lipinski definition) is 7. The standard InChI is InChI=1S/C18H23N3O4/c1-12-19-17(25-20-12)11-21-7-5-13(6-8-21)18-15(23-3)9-14(22-2)10-16(18)24-4/h5,9-10H,6-8,11H2,1-4H3. The first-order valence-corrected chi connectivity index (χ1v) is 8.15. The van der Waals surface area contributed by atoms with E-state index in [1.54, 1.807) is 21.3 Å². The van der Waals surface area contributed by atoms with Gasteiger partial charge in [0.15, 0.2) is 5.82 Å². The fourth-order valence-electron chi connectivity index (χ4n) is 3.00. The van der Waals surface area contributed by atoms with Crippen molar-refractivity contribution in [1.29, 1.82) is 0 Å². The number of aryl methyl sites for hydroxylation is 1. The lowest BCUT2D eigenvalue weighted by atomic mass is 9.97. The van der Waals surface area contributed by atoms with Crippen LogP contribution in [0.2, 0.25) is 0 Å². The molecule has 0 N–H and O–H groups in total. The van der Waals surface area contributed by atoms with Gasteiger partial charge < -0.3 is 18.7 Å². The number of methoxy groups -OCH3 is 3. The van der Waals surface area contributed by atoms with Gasteiger partial charge in [-0.3, -0.25) is 4.90 Å². The molecule has 134 valence electrons. The van der Waals surface area contributed by atoms with Crippen molar-refractivity contribution in [1.82, 2.24) is 15.0 Å². The SMILES string of the molecule is COc1cc(OC)c(C2=CCN(Cc3nc(C)no3)CC2)c(OC)c1. The zero-order chi connectivity index (χ0) is 17.8. The molecule has 2 aromatic rings. The summed E-state index contributed by atoms with van der Waals surface area (Å²) in [6, 6.07) is 3.76. The molecule has 7 nitrogen and oxygen atoms in total. The third kappa shape index (κ3) is 3.76. The van der Waals surface area contributed by atoms with Crippen LogP contribution in [0.3, 0.4) is 0 Å². The lowest BCUT2D eigenvalue weighted by Gasteiger charge is -2.26. The van der Waals surface area contributed by atoms with Gasteiger partial charge in [-0.05, 0) is 18.9 Å². The van der Waals surface area contributed by atoms with Crippen molar-refractivity contribution >= 4 is 5.57 Å². The molecule has 1 aliphatic heterocycles. The lowest BCUT2D eigenvalue weighted by Crippen LogP contribution is -2.28. The van der Waals surface area contributed by atoms with Crippen LogP contribution in [-0.4, -0.2) is 49.5 Å². The largest absolute Gasteiger partial charge is 0.496 e. The number of benzene rings is 1. The first-order valence-electron chi connectivity index (χ1n) is 8.15. The second-order valence-electron chi connectivity index (χ2n) is 5.86. The first kappa shape index (κ1) is 17.3. The van der Waals surface area contributed by atoms with E-state index in [2.05, 4.69) is 21.1 Å². The van der Waals surface area contributed by atoms with Crippen LogP contribution >= 0.6 is 0 Å². The van der Waals surface area contributed by atoms with E-state index in [1.807, 2.05) is 19.1 Å². The van der Waals surface area contributed by atoms with Gasteiger partial charge in [-0.15, -0.1) is 0 Å². The van der Waals surface area contributed by atoms with Crippen molar-refractivity contribution in [3.8, 4) is 17.2 Å². The summed E-state index contributed by atoms with van der Waals surface area (Å²) in [6.07, 6.45) is 3.08. The normalized spacial score (nSPS) is 15.0. The van der Waals surface area contributed by atoms with Gasteiger partial charge in [0.2, 0.25) is 5.89 Å². The van der Waals surface area contributed by atoms with Crippen LogP contribution in [0.4, 0.5) is 0 Å². The Morgan fingerprint density at radius 2 is 1.84 bits per heavy atom. The predicted octanol–water partition coefficient (Wildman–Crippen LogP) is 2.69. The Bertz CT molecular complexity index is 744. The summed E-state index contributed by atoms with van der Waals surface area (Å²) < 4.78 is 21.6. The van der Waals surface area contributed by atoms with Crippen molar-refractivity contribution in [2.75, 3.05) is 34.4 Å². The molecule has 2 heterocycles. The first-order chi connectivity index (χ1) is 12.1. The van der Waals surface area contributed by atoms with E-state index < -0.39 is 0 Å². The maximum absolute atomic E-state index is 5.56. The number of aromatic nitrogens is 2. The van der Waals surface area contributed by atoms with Crippen molar-refractivity contribution < 1.29 is 18.7 Å². The van der Waals surface area contributed by atoms with E-state index in [0.29, 0.717) is 24.0 Å². The van der Waals surface area contributed by atoms with Gasteiger partial charge >= 0.3 is 0 Å². The van der Waals surface area contributed by atoms with Gasteiger partial charge in [-0.1, -0.05) is 11.2 Å². The van der Waals surface area contributed by atoms with Crippen LogP contribution in [-0.2, 0) is 6.54 Å². The number of ether oxygens (including phenoxy) is 3. The molecular formula is C18H23N3O4. The summed E-state index contributed by atoms with van der Waals surface area (Å²) in [5.41, 5.74) is 2.19. The van der Waals surface area contributed by atoms with Crippen LogP contribution in [0, 0.1) is 6.92 Å². The average Bonchev–Trinajstić information content (AvgIpc) is 3.06. The van der Waals surface area contributed by atoms with Crippen molar-refractivity contribution in [2.24, 2.45) is 0 Å². The van der Waals surface area contributed by atoms with Crippen molar-refractivity contribution in [2.45, 2.75) is 19.9 Å². The molecule has 0 aliphatic carbocycles. The van der Waals surface area contributed by atoms with Crippen LogP contribution in [0.1, 0.15) is 23.7 Å². The molecule has 0 spiro atoms. The molecular weight excluding hydrogens is 322 g/mol. The predicted molar refractivity (Wildman–Crippen MR) is 93.0 cm³/mol. The van der Waals surface area contributed by atoms with E-state index >= 15 is 0 Å². The topological polar surface area (TPSA) is 69.9 Å². The van der Waals surface area contributed by atoms with E-state index in [9.17, 15) is 0 Å². The molecule has 1 aliphatic rings. The highest BCUT2D eigenvalue weighted by atomic mass is 16.5. The van der Waals surface area contributed by atoms with Crippen molar-refractivity contribution in [3.05, 3.63) is 35.5 Å². The quantitative estimate of drug-likeness (QED) is 0.797. The minimum Gasteiger partial charge on any atom is -0.496 e. The Morgan fingerprint density at radius 3 is 2.32 bits per heavy atom. The molecule has 0 saturated heterocycles. The highest BCUT2D eigenvalue weighted by molar-refractivity contribution is 5.77. The maximum atomic E-state index is 5.56. The van der Waals surface area contributed by atoms with Crippen LogP contribution in [0.15, 0.2) is 22.7 Å². The van der Waals surface area contributed by atoms with E-state index in [0.717, 1.165) is 36.6 Å². The number of rotatable bonds is 6. The zero-order valence-electron chi connectivity index (χ0n) is 15.0. The second kappa shape index (κ2) is 7.57. The average molecular weight is 345 g/mol. The fourth-order valence-corrected chi connectivity index (χ4v) is 3.00. The molecule has 0 radical (unpaired) electrons. The molecule has 25 heavy (non-hydrogen) atoms. The van der Waals surface area contributed by atoms with E-state index in [4.69, 9.17) is 18.7 Å². The van der Waals surface area contributed by atoms with Crippen molar-refractivity contribution in [3.63, 3.8) is 0 Å². The molecule has 0 amide bonds. The van der Waals surface area contributed by atoms with Gasteiger partial charge in [-0.2, -0.15) is 4.98 Å². The Morgan fingerprint density at radius 1 is 1.12 bits per heavy atom. The summed E-state index contributed by atoms with van der Waals surface area (Å²) in [4.78, 5) is 6.52.